The summed E-state index contributed by atoms with van der Waals surface area (Å²) in [5.74, 6) is -0.295. The first-order valence-electron chi connectivity index (χ1n) is 12.6. The smallest absolute Gasteiger partial charge is 0.251 e. The summed E-state index contributed by atoms with van der Waals surface area (Å²) in [5, 5.41) is 10.5. The first-order chi connectivity index (χ1) is 17.0. The third-order valence-electron chi connectivity index (χ3n) is 6.80. The van der Waals surface area contributed by atoms with Crippen LogP contribution in [0.2, 0.25) is 0 Å². The molecule has 36 heavy (non-hydrogen) atoms. The number of hydrogen-bond donors (Lipinski definition) is 3. The molecule has 1 aromatic heterocycles. The Labute approximate surface area is 212 Å². The summed E-state index contributed by atoms with van der Waals surface area (Å²) < 4.78 is 14.8. The maximum Gasteiger partial charge on any atom is 0.251 e. The van der Waals surface area contributed by atoms with Gasteiger partial charge in [0.25, 0.3) is 5.91 Å². The molecule has 0 spiro atoms. The molecule has 2 aromatic carbocycles. The van der Waals surface area contributed by atoms with Gasteiger partial charge < -0.3 is 16.0 Å². The lowest BCUT2D eigenvalue weighted by molar-refractivity contribution is -0.114. The topological polar surface area (TPSA) is 83.1 Å². The van der Waals surface area contributed by atoms with E-state index in [9.17, 15) is 14.0 Å². The number of halogens is 1. The zero-order chi connectivity index (χ0) is 26.0. The molecule has 1 heterocycles. The predicted molar refractivity (Wildman–Crippen MR) is 143 cm³/mol. The van der Waals surface area contributed by atoms with Gasteiger partial charge in [-0.2, -0.15) is 0 Å². The monoisotopic (exact) mass is 490 g/mol. The van der Waals surface area contributed by atoms with Crippen molar-refractivity contribution in [2.75, 3.05) is 10.6 Å². The van der Waals surface area contributed by atoms with E-state index in [0.717, 1.165) is 53.4 Å². The molecule has 1 fully saturated rings. The van der Waals surface area contributed by atoms with Crippen LogP contribution in [0.1, 0.15) is 73.6 Å². The summed E-state index contributed by atoms with van der Waals surface area (Å²) in [6, 6.07) is 13.5. The number of benzene rings is 2. The fourth-order valence-electron chi connectivity index (χ4n) is 4.78. The number of pyridine rings is 1. The van der Waals surface area contributed by atoms with Crippen molar-refractivity contribution in [2.24, 2.45) is 0 Å². The standard InChI is InChI=1S/C29H35FN4O2/c1-17-6-13-25-24(14-17)26(16-27(34-25)29(4,5)30)32-20-9-11-21(12-10-20)33-28(36)23-15-22(31-19(3)35)8-7-18(23)2/h6-8,13-16,20-21H,9-12H2,1-5H3,(H,31,35)(H,32,34)(H,33,36). The van der Waals surface area contributed by atoms with Gasteiger partial charge in [-0.05, 0) is 89.3 Å². The molecule has 3 aromatic rings. The van der Waals surface area contributed by atoms with Crippen molar-refractivity contribution in [3.05, 3.63) is 64.8 Å². The fraction of sp³-hybridized carbons (Fsp3) is 0.414. The average molecular weight is 491 g/mol. The Hall–Kier alpha value is -3.48. The van der Waals surface area contributed by atoms with Crippen LogP contribution in [0.25, 0.3) is 10.9 Å². The number of alkyl halides is 1. The molecule has 1 aliphatic rings. The summed E-state index contributed by atoms with van der Waals surface area (Å²) >= 11 is 0. The molecule has 2 amide bonds. The van der Waals surface area contributed by atoms with Crippen LogP contribution < -0.4 is 16.0 Å². The number of carbonyl (C=O) groups is 2. The van der Waals surface area contributed by atoms with Crippen LogP contribution in [-0.4, -0.2) is 28.9 Å². The van der Waals surface area contributed by atoms with E-state index in [1.54, 1.807) is 12.1 Å². The van der Waals surface area contributed by atoms with Crippen molar-refractivity contribution in [2.45, 2.75) is 78.1 Å². The van der Waals surface area contributed by atoms with E-state index in [1.807, 2.05) is 38.1 Å². The highest BCUT2D eigenvalue weighted by molar-refractivity contribution is 5.98. The molecule has 6 nitrogen and oxygen atoms in total. The fourth-order valence-corrected chi connectivity index (χ4v) is 4.78. The van der Waals surface area contributed by atoms with Crippen molar-refractivity contribution < 1.29 is 14.0 Å². The Morgan fingerprint density at radius 3 is 2.33 bits per heavy atom. The SMILES string of the molecule is CC(=O)Nc1ccc(C)c(C(=O)NC2CCC(Nc3cc(C(C)(C)F)nc4ccc(C)cc34)CC2)c1. The molecular formula is C29H35FN4O2. The van der Waals surface area contributed by atoms with E-state index in [-0.39, 0.29) is 23.9 Å². The van der Waals surface area contributed by atoms with E-state index in [2.05, 4.69) is 27.0 Å². The van der Waals surface area contributed by atoms with E-state index < -0.39 is 5.67 Å². The summed E-state index contributed by atoms with van der Waals surface area (Å²) in [6.45, 7) is 8.43. The molecule has 0 bridgehead atoms. The number of nitrogens with zero attached hydrogens (tertiary/aromatic N) is 1. The largest absolute Gasteiger partial charge is 0.382 e. The van der Waals surface area contributed by atoms with Crippen molar-refractivity contribution in [1.82, 2.24) is 10.3 Å². The van der Waals surface area contributed by atoms with Crippen LogP contribution in [-0.2, 0) is 10.5 Å². The Balaban J connectivity index is 1.43. The van der Waals surface area contributed by atoms with Gasteiger partial charge in [-0.25, -0.2) is 9.37 Å². The number of amides is 2. The van der Waals surface area contributed by atoms with Crippen LogP contribution in [0.5, 0.6) is 0 Å². The Kier molecular flexibility index (Phi) is 7.29. The van der Waals surface area contributed by atoms with Crippen LogP contribution in [0.4, 0.5) is 15.8 Å². The lowest BCUT2D eigenvalue weighted by Gasteiger charge is -2.31. The lowest BCUT2D eigenvalue weighted by atomic mass is 9.90. The Morgan fingerprint density at radius 1 is 0.972 bits per heavy atom. The number of aromatic nitrogens is 1. The highest BCUT2D eigenvalue weighted by Crippen LogP contribution is 2.33. The molecule has 3 N–H and O–H groups in total. The van der Waals surface area contributed by atoms with Gasteiger partial charge >= 0.3 is 0 Å². The minimum absolute atomic E-state index is 0.0798. The second kappa shape index (κ2) is 10.2. The van der Waals surface area contributed by atoms with E-state index >= 15 is 0 Å². The zero-order valence-corrected chi connectivity index (χ0v) is 21.7. The molecule has 0 unspecified atom stereocenters. The van der Waals surface area contributed by atoms with Crippen molar-refractivity contribution in [1.29, 1.82) is 0 Å². The molecule has 0 aliphatic heterocycles. The Bertz CT molecular complexity index is 1290. The van der Waals surface area contributed by atoms with Gasteiger partial charge in [0.15, 0.2) is 0 Å². The summed E-state index contributed by atoms with van der Waals surface area (Å²) in [5.41, 5.74) is 3.74. The molecule has 1 saturated carbocycles. The minimum atomic E-state index is -1.53. The first-order valence-corrected chi connectivity index (χ1v) is 12.6. The van der Waals surface area contributed by atoms with Gasteiger partial charge in [0, 0.05) is 41.3 Å². The minimum Gasteiger partial charge on any atom is -0.382 e. The van der Waals surface area contributed by atoms with Gasteiger partial charge in [-0.3, -0.25) is 9.59 Å². The number of rotatable bonds is 6. The average Bonchev–Trinajstić information content (AvgIpc) is 2.80. The van der Waals surface area contributed by atoms with Gasteiger partial charge in [0.2, 0.25) is 5.91 Å². The second-order valence-electron chi connectivity index (χ2n) is 10.4. The van der Waals surface area contributed by atoms with Gasteiger partial charge in [0.1, 0.15) is 5.67 Å². The normalized spacial score (nSPS) is 18.1. The van der Waals surface area contributed by atoms with Crippen LogP contribution in [0.15, 0.2) is 42.5 Å². The van der Waals surface area contributed by atoms with Crippen LogP contribution >= 0.6 is 0 Å². The summed E-state index contributed by atoms with van der Waals surface area (Å²) in [4.78, 5) is 28.9. The molecule has 0 saturated heterocycles. The molecule has 1 aliphatic carbocycles. The lowest BCUT2D eigenvalue weighted by Crippen LogP contribution is -2.40. The van der Waals surface area contributed by atoms with Gasteiger partial charge in [0.05, 0.1) is 11.2 Å². The molecule has 0 radical (unpaired) electrons. The highest BCUT2D eigenvalue weighted by Gasteiger charge is 2.26. The third kappa shape index (κ3) is 6.01. The number of aryl methyl sites for hydroxylation is 2. The molecule has 0 atom stereocenters. The predicted octanol–water partition coefficient (Wildman–Crippen LogP) is 6.17. The highest BCUT2D eigenvalue weighted by atomic mass is 19.1. The number of nitrogens with one attached hydrogen (secondary N) is 3. The number of hydrogen-bond acceptors (Lipinski definition) is 4. The number of carbonyl (C=O) groups excluding carboxylic acids is 2. The molecular weight excluding hydrogens is 455 g/mol. The maximum atomic E-state index is 14.8. The number of fused-ring (bicyclic) bond motifs is 1. The zero-order valence-electron chi connectivity index (χ0n) is 21.7. The van der Waals surface area contributed by atoms with Crippen molar-refractivity contribution in [3.8, 4) is 0 Å². The second-order valence-corrected chi connectivity index (χ2v) is 10.4. The van der Waals surface area contributed by atoms with E-state index in [0.29, 0.717) is 16.9 Å². The van der Waals surface area contributed by atoms with Gasteiger partial charge in [-0.1, -0.05) is 17.7 Å². The quantitative estimate of drug-likeness (QED) is 0.386. The maximum absolute atomic E-state index is 14.8. The summed E-state index contributed by atoms with van der Waals surface area (Å²) in [7, 11) is 0. The third-order valence-corrected chi connectivity index (χ3v) is 6.80. The molecule has 190 valence electrons. The molecule has 7 heteroatoms. The Morgan fingerprint density at radius 2 is 1.67 bits per heavy atom. The van der Waals surface area contributed by atoms with Crippen LogP contribution in [0.3, 0.4) is 0 Å². The molecule has 4 rings (SSSR count). The van der Waals surface area contributed by atoms with Crippen molar-refractivity contribution >= 4 is 34.1 Å². The van der Waals surface area contributed by atoms with Crippen molar-refractivity contribution in [3.63, 3.8) is 0 Å². The van der Waals surface area contributed by atoms with E-state index in [4.69, 9.17) is 0 Å². The summed E-state index contributed by atoms with van der Waals surface area (Å²) in [6.07, 6.45) is 3.47. The van der Waals surface area contributed by atoms with Crippen LogP contribution in [0, 0.1) is 13.8 Å². The van der Waals surface area contributed by atoms with Gasteiger partial charge in [-0.15, -0.1) is 0 Å². The number of anilines is 2. The first kappa shape index (κ1) is 25.6. The van der Waals surface area contributed by atoms with E-state index in [1.165, 1.54) is 20.8 Å².